The van der Waals surface area contributed by atoms with E-state index in [1.165, 1.54) is 57.8 Å². The van der Waals surface area contributed by atoms with E-state index in [1.807, 2.05) is 0 Å². The van der Waals surface area contributed by atoms with Crippen LogP contribution in [0.5, 0.6) is 0 Å². The number of aliphatic carboxylic acids is 1. The molecule has 0 aliphatic rings. The van der Waals surface area contributed by atoms with Gasteiger partial charge >= 0.3 is 5.97 Å². The van der Waals surface area contributed by atoms with Gasteiger partial charge in [-0.05, 0) is 38.5 Å². The van der Waals surface area contributed by atoms with Gasteiger partial charge in [0.25, 0.3) is 0 Å². The minimum atomic E-state index is -0.683. The maximum Gasteiger partial charge on any atom is 0.303 e. The molecule has 0 aromatic heterocycles. The van der Waals surface area contributed by atoms with E-state index in [0.29, 0.717) is 6.42 Å². The lowest BCUT2D eigenvalue weighted by Crippen LogP contribution is -2.04. The van der Waals surface area contributed by atoms with E-state index in [4.69, 9.17) is 5.11 Å². The van der Waals surface area contributed by atoms with Crippen LogP contribution in [0.4, 0.5) is 0 Å². The molecule has 0 saturated heterocycles. The van der Waals surface area contributed by atoms with Crippen LogP contribution < -0.4 is 0 Å². The van der Waals surface area contributed by atoms with Gasteiger partial charge in [0.05, 0.1) is 6.10 Å². The molecule has 0 fully saturated rings. The zero-order valence-corrected chi connectivity index (χ0v) is 17.7. The first-order valence-electron chi connectivity index (χ1n) is 11.4. The van der Waals surface area contributed by atoms with Crippen molar-refractivity contribution in [3.05, 3.63) is 24.3 Å². The van der Waals surface area contributed by atoms with Crippen molar-refractivity contribution in [2.45, 2.75) is 122 Å². The number of rotatable bonds is 20. The summed E-state index contributed by atoms with van der Waals surface area (Å²) in [7, 11) is 0. The van der Waals surface area contributed by atoms with Gasteiger partial charge in [-0.1, -0.05) is 95.4 Å². The highest BCUT2D eigenvalue weighted by molar-refractivity contribution is 5.66. The highest BCUT2D eigenvalue weighted by atomic mass is 16.4. The molecule has 1 unspecified atom stereocenters. The van der Waals surface area contributed by atoms with Gasteiger partial charge in [0, 0.05) is 6.42 Å². The molecule has 0 rings (SSSR count). The molecule has 1 atom stereocenters. The van der Waals surface area contributed by atoms with Crippen molar-refractivity contribution in [2.75, 3.05) is 0 Å². The fourth-order valence-electron chi connectivity index (χ4n) is 3.17. The maximum absolute atomic E-state index is 10.4. The molecule has 0 heterocycles. The second-order valence-electron chi connectivity index (χ2n) is 7.68. The first kappa shape index (κ1) is 25.9. The smallest absolute Gasteiger partial charge is 0.303 e. The summed E-state index contributed by atoms with van der Waals surface area (Å²) in [5, 5.41) is 18.6. The van der Waals surface area contributed by atoms with Crippen LogP contribution in [-0.2, 0) is 4.79 Å². The van der Waals surface area contributed by atoms with Gasteiger partial charge in [0.1, 0.15) is 0 Å². The van der Waals surface area contributed by atoms with Crippen LogP contribution in [-0.4, -0.2) is 22.3 Å². The minimum Gasteiger partial charge on any atom is -0.481 e. The van der Waals surface area contributed by atoms with Gasteiger partial charge in [-0.25, -0.2) is 0 Å². The minimum absolute atomic E-state index is 0.199. The molecule has 0 aromatic rings. The summed E-state index contributed by atoms with van der Waals surface area (Å²) < 4.78 is 0. The topological polar surface area (TPSA) is 57.5 Å². The Hall–Kier alpha value is -1.09. The third kappa shape index (κ3) is 22.9. The zero-order chi connectivity index (χ0) is 20.0. The summed E-state index contributed by atoms with van der Waals surface area (Å²) in [5.74, 6) is -0.683. The second kappa shape index (κ2) is 21.2. The number of carboxylic acid groups (broad SMARTS) is 1. The summed E-state index contributed by atoms with van der Waals surface area (Å²) in [6.45, 7) is 2.24. The van der Waals surface area contributed by atoms with E-state index in [0.717, 1.165) is 44.9 Å². The van der Waals surface area contributed by atoms with Crippen molar-refractivity contribution < 1.29 is 15.0 Å². The molecule has 0 radical (unpaired) electrons. The number of allylic oxidation sites excluding steroid dienone is 3. The predicted molar refractivity (Wildman–Crippen MR) is 116 cm³/mol. The second-order valence-corrected chi connectivity index (χ2v) is 7.68. The SMILES string of the molecule is CCCCCCC=CCC=CCC(O)CCCCCCCCCCC(=O)O. The van der Waals surface area contributed by atoms with E-state index in [1.54, 1.807) is 0 Å². The molecular weight excluding hydrogens is 336 g/mol. The maximum atomic E-state index is 10.4. The highest BCUT2D eigenvalue weighted by Crippen LogP contribution is 2.12. The molecule has 0 bridgehead atoms. The number of unbranched alkanes of at least 4 members (excludes halogenated alkanes) is 11. The fraction of sp³-hybridized carbons (Fsp3) is 0.792. The van der Waals surface area contributed by atoms with Crippen molar-refractivity contribution in [3.63, 3.8) is 0 Å². The molecule has 0 aromatic carbocycles. The van der Waals surface area contributed by atoms with Crippen LogP contribution >= 0.6 is 0 Å². The first-order valence-corrected chi connectivity index (χ1v) is 11.4. The number of carboxylic acids is 1. The molecule has 0 amide bonds. The van der Waals surface area contributed by atoms with Crippen molar-refractivity contribution in [2.24, 2.45) is 0 Å². The van der Waals surface area contributed by atoms with Crippen molar-refractivity contribution in [3.8, 4) is 0 Å². The van der Waals surface area contributed by atoms with Crippen LogP contribution in [0, 0.1) is 0 Å². The molecule has 158 valence electrons. The molecule has 27 heavy (non-hydrogen) atoms. The van der Waals surface area contributed by atoms with Gasteiger partial charge in [-0.15, -0.1) is 0 Å². The standard InChI is InChI=1S/C24H44O3/c1-2-3-4-5-6-7-8-11-14-17-20-23(25)21-18-15-12-9-10-13-16-19-22-24(26)27/h7-8,14,17,23,25H,2-6,9-13,15-16,18-22H2,1H3,(H,26,27). The number of carbonyl (C=O) groups is 1. The quantitative estimate of drug-likeness (QED) is 0.173. The van der Waals surface area contributed by atoms with E-state index < -0.39 is 5.97 Å². The molecular formula is C24H44O3. The Kier molecular flexibility index (Phi) is 20.4. The molecule has 2 N–H and O–H groups in total. The van der Waals surface area contributed by atoms with E-state index in [2.05, 4.69) is 31.2 Å². The average Bonchev–Trinajstić information content (AvgIpc) is 2.64. The molecule has 3 nitrogen and oxygen atoms in total. The Morgan fingerprint density at radius 3 is 2.04 bits per heavy atom. The Morgan fingerprint density at radius 1 is 0.778 bits per heavy atom. The van der Waals surface area contributed by atoms with Crippen molar-refractivity contribution in [1.29, 1.82) is 0 Å². The van der Waals surface area contributed by atoms with Crippen LogP contribution in [0.15, 0.2) is 24.3 Å². The van der Waals surface area contributed by atoms with Crippen LogP contribution in [0.1, 0.15) is 116 Å². The Morgan fingerprint density at radius 2 is 1.37 bits per heavy atom. The molecule has 0 saturated carbocycles. The summed E-state index contributed by atoms with van der Waals surface area (Å²) in [6.07, 6.45) is 27.0. The lowest BCUT2D eigenvalue weighted by Gasteiger charge is -2.07. The molecule has 0 aliphatic carbocycles. The van der Waals surface area contributed by atoms with E-state index in [-0.39, 0.29) is 6.10 Å². The molecule has 3 heteroatoms. The van der Waals surface area contributed by atoms with E-state index in [9.17, 15) is 9.90 Å². The van der Waals surface area contributed by atoms with Crippen molar-refractivity contribution >= 4 is 5.97 Å². The summed E-state index contributed by atoms with van der Waals surface area (Å²) >= 11 is 0. The van der Waals surface area contributed by atoms with Crippen molar-refractivity contribution in [1.82, 2.24) is 0 Å². The summed E-state index contributed by atoms with van der Waals surface area (Å²) in [5.41, 5.74) is 0. The van der Waals surface area contributed by atoms with Gasteiger partial charge in [-0.2, -0.15) is 0 Å². The Balaban J connectivity index is 3.32. The van der Waals surface area contributed by atoms with Gasteiger partial charge in [0.15, 0.2) is 0 Å². The van der Waals surface area contributed by atoms with Gasteiger partial charge in [0.2, 0.25) is 0 Å². The number of hydrogen-bond acceptors (Lipinski definition) is 2. The summed E-state index contributed by atoms with van der Waals surface area (Å²) in [4.78, 5) is 10.4. The molecule has 0 aliphatic heterocycles. The largest absolute Gasteiger partial charge is 0.481 e. The lowest BCUT2D eigenvalue weighted by molar-refractivity contribution is -0.137. The predicted octanol–water partition coefficient (Wildman–Crippen LogP) is 7.20. The zero-order valence-electron chi connectivity index (χ0n) is 17.7. The lowest BCUT2D eigenvalue weighted by atomic mass is 10.0. The number of hydrogen-bond donors (Lipinski definition) is 2. The number of aliphatic hydroxyl groups is 1. The first-order chi connectivity index (χ1) is 13.2. The van der Waals surface area contributed by atoms with Crippen LogP contribution in [0.3, 0.4) is 0 Å². The Labute approximate surface area is 168 Å². The highest BCUT2D eigenvalue weighted by Gasteiger charge is 2.01. The normalized spacial score (nSPS) is 13.0. The average molecular weight is 381 g/mol. The number of aliphatic hydroxyl groups excluding tert-OH is 1. The van der Waals surface area contributed by atoms with Gasteiger partial charge in [-0.3, -0.25) is 4.79 Å². The van der Waals surface area contributed by atoms with Crippen LogP contribution in [0.2, 0.25) is 0 Å². The third-order valence-corrected chi connectivity index (χ3v) is 4.92. The van der Waals surface area contributed by atoms with Gasteiger partial charge < -0.3 is 10.2 Å². The van der Waals surface area contributed by atoms with E-state index >= 15 is 0 Å². The fourth-order valence-corrected chi connectivity index (χ4v) is 3.17. The monoisotopic (exact) mass is 380 g/mol. The Bertz CT molecular complexity index is 374. The van der Waals surface area contributed by atoms with Crippen LogP contribution in [0.25, 0.3) is 0 Å². The molecule has 0 spiro atoms. The third-order valence-electron chi connectivity index (χ3n) is 4.92. The summed E-state index contributed by atoms with van der Waals surface area (Å²) in [6, 6.07) is 0.